The van der Waals surface area contributed by atoms with Crippen LogP contribution in [0.5, 0.6) is 0 Å². The van der Waals surface area contributed by atoms with E-state index in [1.54, 1.807) is 12.1 Å². The summed E-state index contributed by atoms with van der Waals surface area (Å²) in [6.45, 7) is 1.84. The van der Waals surface area contributed by atoms with E-state index in [4.69, 9.17) is 15.1 Å². The van der Waals surface area contributed by atoms with Gasteiger partial charge in [0.2, 0.25) is 0 Å². The fraction of sp³-hybridized carbons (Fsp3) is 0.429. The lowest BCUT2D eigenvalue weighted by Gasteiger charge is -2.32. The van der Waals surface area contributed by atoms with Crippen molar-refractivity contribution in [2.45, 2.75) is 19.1 Å². The Hall–Kier alpha value is -1.97. The first-order valence-corrected chi connectivity index (χ1v) is 6.33. The second kappa shape index (κ2) is 6.46. The smallest absolute Gasteiger partial charge is 0.306 e. The molecule has 0 spiro atoms. The number of nitriles is 1. The number of aliphatic carboxylic acids is 1. The second-order valence-corrected chi connectivity index (χ2v) is 4.72. The fourth-order valence-corrected chi connectivity index (χ4v) is 2.27. The Morgan fingerprint density at radius 2 is 2.40 bits per heavy atom. The minimum atomic E-state index is -0.908. The van der Waals surface area contributed by atoms with Gasteiger partial charge >= 0.3 is 5.97 Å². The Morgan fingerprint density at radius 3 is 3.10 bits per heavy atom. The maximum atomic E-state index is 14.0. The zero-order valence-corrected chi connectivity index (χ0v) is 10.9. The van der Waals surface area contributed by atoms with Crippen LogP contribution >= 0.6 is 0 Å². The van der Waals surface area contributed by atoms with E-state index in [1.165, 1.54) is 6.07 Å². The van der Waals surface area contributed by atoms with Crippen LogP contribution in [0.25, 0.3) is 0 Å². The molecule has 0 bridgehead atoms. The Balaban J connectivity index is 2.03. The number of carboxylic acid groups (broad SMARTS) is 1. The summed E-state index contributed by atoms with van der Waals surface area (Å²) in [5.74, 6) is -1.41. The number of carboxylic acids is 1. The van der Waals surface area contributed by atoms with Crippen molar-refractivity contribution in [2.75, 3.05) is 19.7 Å². The van der Waals surface area contributed by atoms with Gasteiger partial charge in [0.25, 0.3) is 0 Å². The molecule has 1 saturated heterocycles. The molecule has 1 atom stereocenters. The third-order valence-electron chi connectivity index (χ3n) is 3.22. The summed E-state index contributed by atoms with van der Waals surface area (Å²) < 4.78 is 19.3. The predicted molar refractivity (Wildman–Crippen MR) is 68.4 cm³/mol. The molecule has 1 aromatic rings. The van der Waals surface area contributed by atoms with Gasteiger partial charge in [0.1, 0.15) is 11.9 Å². The lowest BCUT2D eigenvalue weighted by molar-refractivity contribution is -0.142. The van der Waals surface area contributed by atoms with Crippen LogP contribution in [0.4, 0.5) is 4.39 Å². The van der Waals surface area contributed by atoms with Crippen LogP contribution in [0.3, 0.4) is 0 Å². The van der Waals surface area contributed by atoms with Gasteiger partial charge in [-0.3, -0.25) is 9.69 Å². The van der Waals surface area contributed by atoms with E-state index in [-0.39, 0.29) is 18.1 Å². The van der Waals surface area contributed by atoms with Crippen LogP contribution in [0.15, 0.2) is 18.2 Å². The summed E-state index contributed by atoms with van der Waals surface area (Å²) in [6, 6.07) is 6.53. The Bertz CT molecular complexity index is 542. The third kappa shape index (κ3) is 3.53. The van der Waals surface area contributed by atoms with Crippen LogP contribution in [0.2, 0.25) is 0 Å². The Labute approximate surface area is 116 Å². The number of rotatable bonds is 4. The average Bonchev–Trinajstić information content (AvgIpc) is 2.41. The summed E-state index contributed by atoms with van der Waals surface area (Å²) in [5.41, 5.74) is 0.470. The van der Waals surface area contributed by atoms with Gasteiger partial charge in [-0.15, -0.1) is 0 Å². The molecule has 1 fully saturated rings. The zero-order chi connectivity index (χ0) is 14.5. The third-order valence-corrected chi connectivity index (χ3v) is 3.22. The number of nitrogens with zero attached hydrogens (tertiary/aromatic N) is 2. The molecule has 0 aromatic heterocycles. The van der Waals surface area contributed by atoms with Crippen molar-refractivity contribution in [3.8, 4) is 6.07 Å². The first kappa shape index (κ1) is 14.4. The van der Waals surface area contributed by atoms with Gasteiger partial charge in [-0.25, -0.2) is 4.39 Å². The summed E-state index contributed by atoms with van der Waals surface area (Å²) in [5, 5.41) is 17.6. The van der Waals surface area contributed by atoms with E-state index < -0.39 is 11.8 Å². The number of hydrogen-bond acceptors (Lipinski definition) is 4. The largest absolute Gasteiger partial charge is 0.481 e. The van der Waals surface area contributed by atoms with Crippen LogP contribution in [0, 0.1) is 17.1 Å². The molecule has 0 radical (unpaired) electrons. The van der Waals surface area contributed by atoms with Crippen molar-refractivity contribution in [1.82, 2.24) is 4.90 Å². The average molecular weight is 278 g/mol. The molecule has 1 heterocycles. The highest BCUT2D eigenvalue weighted by Gasteiger charge is 2.23. The van der Waals surface area contributed by atoms with Crippen molar-refractivity contribution < 1.29 is 19.0 Å². The van der Waals surface area contributed by atoms with Crippen molar-refractivity contribution >= 4 is 5.97 Å². The molecule has 20 heavy (non-hydrogen) atoms. The molecule has 1 N–H and O–H groups in total. The van der Waals surface area contributed by atoms with E-state index in [9.17, 15) is 9.18 Å². The summed E-state index contributed by atoms with van der Waals surface area (Å²) >= 11 is 0. The number of carbonyl (C=O) groups is 1. The molecule has 1 aliphatic heterocycles. The van der Waals surface area contributed by atoms with E-state index in [1.807, 2.05) is 11.0 Å². The van der Waals surface area contributed by atoms with Crippen LogP contribution in [0.1, 0.15) is 17.5 Å². The molecule has 1 aromatic carbocycles. The van der Waals surface area contributed by atoms with Crippen LogP contribution in [-0.4, -0.2) is 41.8 Å². The molecule has 1 unspecified atom stereocenters. The summed E-state index contributed by atoms with van der Waals surface area (Å²) in [6.07, 6.45) is -0.430. The van der Waals surface area contributed by atoms with E-state index in [2.05, 4.69) is 0 Å². The van der Waals surface area contributed by atoms with Crippen molar-refractivity contribution in [1.29, 1.82) is 5.26 Å². The van der Waals surface area contributed by atoms with E-state index >= 15 is 0 Å². The highest BCUT2D eigenvalue weighted by molar-refractivity contribution is 5.67. The lowest BCUT2D eigenvalue weighted by Crippen LogP contribution is -2.42. The molecule has 106 valence electrons. The van der Waals surface area contributed by atoms with E-state index in [0.717, 1.165) is 0 Å². The van der Waals surface area contributed by atoms with Gasteiger partial charge in [0.15, 0.2) is 0 Å². The van der Waals surface area contributed by atoms with Gasteiger partial charge in [-0.1, -0.05) is 12.1 Å². The monoisotopic (exact) mass is 278 g/mol. The molecule has 5 nitrogen and oxygen atoms in total. The second-order valence-electron chi connectivity index (χ2n) is 4.72. The minimum absolute atomic E-state index is 0.0258. The van der Waals surface area contributed by atoms with Gasteiger partial charge in [0, 0.05) is 25.2 Å². The van der Waals surface area contributed by atoms with Crippen molar-refractivity contribution in [2.24, 2.45) is 0 Å². The van der Waals surface area contributed by atoms with E-state index in [0.29, 0.717) is 31.8 Å². The summed E-state index contributed by atoms with van der Waals surface area (Å²) in [7, 11) is 0. The standard InChI is InChI=1S/C14H15FN2O3/c15-14-10(7-16)2-1-3-11(14)8-17-4-5-20-12(9-17)6-13(18)19/h1-3,12H,4-6,8-9H2,(H,18,19). The Kier molecular flexibility index (Phi) is 4.66. The van der Waals surface area contributed by atoms with Crippen LogP contribution < -0.4 is 0 Å². The molecular formula is C14H15FN2O3. The lowest BCUT2D eigenvalue weighted by atomic mass is 10.1. The number of ether oxygens (including phenoxy) is 1. The predicted octanol–water partition coefficient (Wildman–Crippen LogP) is 1.37. The molecular weight excluding hydrogens is 263 g/mol. The highest BCUT2D eigenvalue weighted by atomic mass is 19.1. The van der Waals surface area contributed by atoms with Crippen molar-refractivity contribution in [3.05, 3.63) is 35.1 Å². The minimum Gasteiger partial charge on any atom is -0.481 e. The molecule has 1 aliphatic rings. The molecule has 0 aliphatic carbocycles. The number of benzene rings is 1. The first-order chi connectivity index (χ1) is 9.60. The maximum Gasteiger partial charge on any atom is 0.306 e. The van der Waals surface area contributed by atoms with Gasteiger partial charge in [-0.2, -0.15) is 5.26 Å². The number of hydrogen-bond donors (Lipinski definition) is 1. The first-order valence-electron chi connectivity index (χ1n) is 6.33. The molecule has 0 saturated carbocycles. The normalized spacial score (nSPS) is 19.5. The van der Waals surface area contributed by atoms with Crippen LogP contribution in [-0.2, 0) is 16.1 Å². The van der Waals surface area contributed by atoms with Crippen molar-refractivity contribution in [3.63, 3.8) is 0 Å². The van der Waals surface area contributed by atoms with Gasteiger partial charge in [0.05, 0.1) is 24.7 Å². The molecule has 0 amide bonds. The topological polar surface area (TPSA) is 73.6 Å². The number of morpholine rings is 1. The van der Waals surface area contributed by atoms with Gasteiger partial charge in [-0.05, 0) is 6.07 Å². The maximum absolute atomic E-state index is 14.0. The Morgan fingerprint density at radius 1 is 1.60 bits per heavy atom. The van der Waals surface area contributed by atoms with Gasteiger partial charge < -0.3 is 9.84 Å². The fourth-order valence-electron chi connectivity index (χ4n) is 2.27. The molecule has 2 rings (SSSR count). The number of halogens is 1. The molecule has 6 heteroatoms. The summed E-state index contributed by atoms with van der Waals surface area (Å²) in [4.78, 5) is 12.6. The SMILES string of the molecule is N#Cc1cccc(CN2CCOC(CC(=O)O)C2)c1F. The highest BCUT2D eigenvalue weighted by Crippen LogP contribution is 2.17. The zero-order valence-electron chi connectivity index (χ0n) is 10.9. The quantitative estimate of drug-likeness (QED) is 0.900.